The lowest BCUT2D eigenvalue weighted by Gasteiger charge is -2.24. The van der Waals surface area contributed by atoms with Gasteiger partial charge in [-0.2, -0.15) is 0 Å². The number of amides is 1. The molecule has 5 nitrogen and oxygen atoms in total. The minimum absolute atomic E-state index is 0.157. The molecule has 3 N–H and O–H groups in total. The summed E-state index contributed by atoms with van der Waals surface area (Å²) >= 11 is 0. The quantitative estimate of drug-likeness (QED) is 0.905. The molecule has 2 aromatic carbocycles. The lowest BCUT2D eigenvalue weighted by Crippen LogP contribution is -2.40. The van der Waals surface area contributed by atoms with E-state index in [1.807, 2.05) is 55.5 Å². The van der Waals surface area contributed by atoms with Crippen LogP contribution >= 0.6 is 0 Å². The van der Waals surface area contributed by atoms with Gasteiger partial charge in [0.2, 0.25) is 0 Å². The van der Waals surface area contributed by atoms with Crippen molar-refractivity contribution < 1.29 is 9.53 Å². The number of ether oxygens (including phenoxy) is 1. The molecular formula is C18H19N3O2. The van der Waals surface area contributed by atoms with Crippen molar-refractivity contribution in [2.75, 3.05) is 7.11 Å². The highest BCUT2D eigenvalue weighted by molar-refractivity contribution is 6.07. The highest BCUT2D eigenvalue weighted by Crippen LogP contribution is 2.33. The third-order valence-electron chi connectivity index (χ3n) is 4.08. The number of nitrogens with zero attached hydrogens (tertiary/aromatic N) is 1. The molecule has 0 spiro atoms. The lowest BCUT2D eigenvalue weighted by atomic mass is 9.83. The van der Waals surface area contributed by atoms with Gasteiger partial charge in [0.25, 0.3) is 5.91 Å². The number of benzene rings is 2. The van der Waals surface area contributed by atoms with Crippen molar-refractivity contribution in [3.8, 4) is 5.75 Å². The highest BCUT2D eigenvalue weighted by Gasteiger charge is 2.44. The Balaban J connectivity index is 2.02. The minimum Gasteiger partial charge on any atom is -0.497 e. The van der Waals surface area contributed by atoms with Crippen LogP contribution in [0.15, 0.2) is 53.5 Å². The van der Waals surface area contributed by atoms with E-state index in [-0.39, 0.29) is 11.9 Å². The zero-order valence-corrected chi connectivity index (χ0v) is 13.2. The number of rotatable bonds is 4. The first-order valence-electron chi connectivity index (χ1n) is 7.40. The Kier molecular flexibility index (Phi) is 3.78. The van der Waals surface area contributed by atoms with Crippen LogP contribution in [0.1, 0.15) is 16.7 Å². The van der Waals surface area contributed by atoms with Gasteiger partial charge in [-0.1, -0.05) is 42.0 Å². The van der Waals surface area contributed by atoms with E-state index in [1.54, 1.807) is 7.11 Å². The molecule has 1 atom stereocenters. The summed E-state index contributed by atoms with van der Waals surface area (Å²) < 4.78 is 5.17. The van der Waals surface area contributed by atoms with Crippen molar-refractivity contribution in [1.29, 1.82) is 0 Å². The molecule has 1 amide bonds. The molecule has 0 bridgehead atoms. The molecular weight excluding hydrogens is 290 g/mol. The summed E-state index contributed by atoms with van der Waals surface area (Å²) in [5.74, 6) is 0.732. The Bertz CT molecular complexity index is 751. The second-order valence-corrected chi connectivity index (χ2v) is 5.70. The maximum Gasteiger partial charge on any atom is 0.259 e. The summed E-state index contributed by atoms with van der Waals surface area (Å²) in [6.07, 6.45) is 0.437. The van der Waals surface area contributed by atoms with Crippen LogP contribution in [0.2, 0.25) is 0 Å². The largest absolute Gasteiger partial charge is 0.497 e. The van der Waals surface area contributed by atoms with E-state index in [1.165, 1.54) is 0 Å². The first-order chi connectivity index (χ1) is 11.0. The van der Waals surface area contributed by atoms with Gasteiger partial charge in [0, 0.05) is 6.42 Å². The normalized spacial score (nSPS) is 20.1. The number of guanidine groups is 1. The first-order valence-corrected chi connectivity index (χ1v) is 7.40. The van der Waals surface area contributed by atoms with Crippen molar-refractivity contribution in [1.82, 2.24) is 5.32 Å². The molecule has 5 heteroatoms. The third kappa shape index (κ3) is 2.77. The monoisotopic (exact) mass is 309 g/mol. The van der Waals surface area contributed by atoms with E-state index in [2.05, 4.69) is 10.3 Å². The van der Waals surface area contributed by atoms with Gasteiger partial charge in [-0.3, -0.25) is 10.1 Å². The average Bonchev–Trinajstić information content (AvgIpc) is 2.83. The van der Waals surface area contributed by atoms with Crippen LogP contribution in [-0.4, -0.2) is 19.0 Å². The van der Waals surface area contributed by atoms with Gasteiger partial charge in [-0.05, 0) is 30.2 Å². The summed E-state index contributed by atoms with van der Waals surface area (Å²) in [5.41, 5.74) is 7.69. The third-order valence-corrected chi connectivity index (χ3v) is 4.08. The smallest absolute Gasteiger partial charge is 0.259 e. The number of hydrogen-bond acceptors (Lipinski definition) is 4. The van der Waals surface area contributed by atoms with Gasteiger partial charge in [-0.15, -0.1) is 0 Å². The van der Waals surface area contributed by atoms with Crippen LogP contribution in [0.5, 0.6) is 5.75 Å². The Labute approximate surface area is 135 Å². The predicted octanol–water partition coefficient (Wildman–Crippen LogP) is 1.89. The van der Waals surface area contributed by atoms with Crippen molar-refractivity contribution in [3.05, 3.63) is 65.2 Å². The zero-order chi connectivity index (χ0) is 16.4. The number of aliphatic imine (C=N–C) groups is 1. The number of hydrogen-bond donors (Lipinski definition) is 2. The molecule has 1 aliphatic rings. The molecule has 0 radical (unpaired) electrons. The SMILES string of the molecule is COc1ccc(C[C@@]2(c3ccc(C)cc3)N=C(N)NC2=O)cc1. The molecule has 0 unspecified atom stereocenters. The molecule has 2 aromatic rings. The van der Waals surface area contributed by atoms with Crippen LogP contribution in [0, 0.1) is 6.92 Å². The maximum absolute atomic E-state index is 12.6. The van der Waals surface area contributed by atoms with Gasteiger partial charge < -0.3 is 10.5 Å². The van der Waals surface area contributed by atoms with E-state index >= 15 is 0 Å². The summed E-state index contributed by atoms with van der Waals surface area (Å²) in [4.78, 5) is 17.0. The van der Waals surface area contributed by atoms with E-state index < -0.39 is 5.54 Å². The van der Waals surface area contributed by atoms with Crippen LogP contribution in [0.4, 0.5) is 0 Å². The fourth-order valence-electron chi connectivity index (χ4n) is 2.79. The van der Waals surface area contributed by atoms with Gasteiger partial charge in [0.15, 0.2) is 11.5 Å². The zero-order valence-electron chi connectivity index (χ0n) is 13.2. The van der Waals surface area contributed by atoms with E-state index in [0.717, 1.165) is 22.4 Å². The fraction of sp³-hybridized carbons (Fsp3) is 0.222. The Morgan fingerprint density at radius 2 is 1.78 bits per heavy atom. The van der Waals surface area contributed by atoms with E-state index in [9.17, 15) is 4.79 Å². The number of carbonyl (C=O) groups excluding carboxylic acids is 1. The molecule has 118 valence electrons. The summed E-state index contributed by atoms with van der Waals surface area (Å²) in [6.45, 7) is 2.01. The fourth-order valence-corrected chi connectivity index (χ4v) is 2.79. The summed E-state index contributed by atoms with van der Waals surface area (Å²) in [5, 5.41) is 2.63. The second kappa shape index (κ2) is 5.76. The number of carbonyl (C=O) groups is 1. The molecule has 0 aromatic heterocycles. The second-order valence-electron chi connectivity index (χ2n) is 5.70. The Hall–Kier alpha value is -2.82. The summed E-state index contributed by atoms with van der Waals surface area (Å²) in [6, 6.07) is 15.4. The van der Waals surface area contributed by atoms with Gasteiger partial charge in [0.05, 0.1) is 7.11 Å². The van der Waals surface area contributed by atoms with Crippen molar-refractivity contribution >= 4 is 11.9 Å². The molecule has 0 saturated heterocycles. The number of methoxy groups -OCH3 is 1. The Morgan fingerprint density at radius 1 is 1.13 bits per heavy atom. The number of nitrogens with one attached hydrogen (secondary N) is 1. The number of aryl methyl sites for hydroxylation is 1. The molecule has 23 heavy (non-hydrogen) atoms. The number of nitrogens with two attached hydrogens (primary N) is 1. The molecule has 1 aliphatic heterocycles. The van der Waals surface area contributed by atoms with Crippen molar-refractivity contribution in [3.63, 3.8) is 0 Å². The van der Waals surface area contributed by atoms with Crippen molar-refractivity contribution in [2.45, 2.75) is 18.9 Å². The molecule has 1 heterocycles. The predicted molar refractivity (Wildman–Crippen MR) is 89.3 cm³/mol. The standard InChI is InChI=1S/C18H19N3O2/c1-12-3-7-14(8-4-12)18(16(22)20-17(19)21-18)11-13-5-9-15(23-2)10-6-13/h3-10H,11H2,1-2H3,(H3,19,20,21,22)/t18-/m0/s1. The Morgan fingerprint density at radius 3 is 2.30 bits per heavy atom. The molecule has 0 fully saturated rings. The first kappa shape index (κ1) is 15.1. The molecule has 3 rings (SSSR count). The van der Waals surface area contributed by atoms with Crippen LogP contribution < -0.4 is 15.8 Å². The van der Waals surface area contributed by atoms with E-state index in [4.69, 9.17) is 10.5 Å². The van der Waals surface area contributed by atoms with Crippen LogP contribution in [0.25, 0.3) is 0 Å². The van der Waals surface area contributed by atoms with Gasteiger partial charge in [-0.25, -0.2) is 4.99 Å². The average molecular weight is 309 g/mol. The highest BCUT2D eigenvalue weighted by atomic mass is 16.5. The van der Waals surface area contributed by atoms with Crippen LogP contribution in [-0.2, 0) is 16.8 Å². The van der Waals surface area contributed by atoms with Crippen LogP contribution in [0.3, 0.4) is 0 Å². The van der Waals surface area contributed by atoms with Crippen molar-refractivity contribution in [2.24, 2.45) is 10.7 Å². The summed E-state index contributed by atoms with van der Waals surface area (Å²) in [7, 11) is 1.62. The van der Waals surface area contributed by atoms with Gasteiger partial charge >= 0.3 is 0 Å². The molecule has 0 saturated carbocycles. The van der Waals surface area contributed by atoms with E-state index in [0.29, 0.717) is 6.42 Å². The van der Waals surface area contributed by atoms with Gasteiger partial charge in [0.1, 0.15) is 5.75 Å². The maximum atomic E-state index is 12.6. The topological polar surface area (TPSA) is 76.7 Å². The molecule has 0 aliphatic carbocycles. The minimum atomic E-state index is -1.02. The lowest BCUT2D eigenvalue weighted by molar-refractivity contribution is -0.124.